The number of esters is 1. The van der Waals surface area contributed by atoms with Gasteiger partial charge in [0.25, 0.3) is 5.91 Å². The van der Waals surface area contributed by atoms with Crippen LogP contribution in [0.2, 0.25) is 0 Å². The molecule has 1 amide bonds. The summed E-state index contributed by atoms with van der Waals surface area (Å²) >= 11 is 3.44. The van der Waals surface area contributed by atoms with Crippen molar-refractivity contribution in [2.24, 2.45) is 0 Å². The number of nitrogens with zero attached hydrogens (tertiary/aromatic N) is 1. The van der Waals surface area contributed by atoms with Crippen LogP contribution in [0.1, 0.15) is 19.4 Å². The summed E-state index contributed by atoms with van der Waals surface area (Å²) in [6.07, 6.45) is 1.66. The molecule has 0 radical (unpaired) electrons. The summed E-state index contributed by atoms with van der Waals surface area (Å²) in [5, 5.41) is 0. The van der Waals surface area contributed by atoms with E-state index in [1.54, 1.807) is 64.5 Å². The first-order valence-corrected chi connectivity index (χ1v) is 10.1. The number of rotatable bonds is 6. The maximum absolute atomic E-state index is 13.4. The van der Waals surface area contributed by atoms with E-state index >= 15 is 0 Å². The molecule has 0 atom stereocenters. The topological polar surface area (TPSA) is 65.1 Å². The number of anilines is 1. The van der Waals surface area contributed by atoms with E-state index in [-0.39, 0.29) is 23.7 Å². The third-order valence-electron chi connectivity index (χ3n) is 4.70. The molecule has 2 aromatic rings. The van der Waals surface area contributed by atoms with Crippen molar-refractivity contribution in [3.05, 3.63) is 69.3 Å². The van der Waals surface area contributed by atoms with Gasteiger partial charge in [0.2, 0.25) is 0 Å². The molecule has 1 heterocycles. The van der Waals surface area contributed by atoms with E-state index in [0.29, 0.717) is 28.4 Å². The van der Waals surface area contributed by atoms with Gasteiger partial charge in [-0.1, -0.05) is 15.9 Å². The van der Waals surface area contributed by atoms with Gasteiger partial charge in [0.05, 0.1) is 32.0 Å². The zero-order chi connectivity index (χ0) is 21.8. The minimum Gasteiger partial charge on any atom is -0.497 e. The van der Waals surface area contributed by atoms with Crippen LogP contribution in [0.3, 0.4) is 0 Å². The molecule has 0 N–H and O–H groups in total. The molecule has 3 rings (SSSR count). The number of hydrogen-bond donors (Lipinski definition) is 0. The van der Waals surface area contributed by atoms with Gasteiger partial charge >= 0.3 is 5.97 Å². The summed E-state index contributed by atoms with van der Waals surface area (Å²) in [6.45, 7) is 3.67. The summed E-state index contributed by atoms with van der Waals surface area (Å²) in [7, 11) is 3.13. The molecule has 6 nitrogen and oxygen atoms in total. The van der Waals surface area contributed by atoms with Crippen LogP contribution >= 0.6 is 15.9 Å². The number of carbonyl (C=O) groups excluding carboxylic acids is 2. The molecule has 0 unspecified atom stereocenters. The Balaban J connectivity index is 2.15. The lowest BCUT2D eigenvalue weighted by Crippen LogP contribution is -2.24. The Bertz CT molecular complexity index is 1040. The molecule has 0 saturated heterocycles. The average Bonchev–Trinajstić information content (AvgIpc) is 2.98. The molecular weight excluding hydrogens is 450 g/mol. The van der Waals surface area contributed by atoms with Crippen LogP contribution in [-0.2, 0) is 14.3 Å². The number of methoxy groups -OCH3 is 2. The molecule has 7 heteroatoms. The largest absolute Gasteiger partial charge is 0.497 e. The normalized spacial score (nSPS) is 15.0. The van der Waals surface area contributed by atoms with E-state index in [2.05, 4.69) is 15.9 Å². The highest BCUT2D eigenvalue weighted by atomic mass is 79.9. The van der Waals surface area contributed by atoms with Crippen molar-refractivity contribution in [1.82, 2.24) is 0 Å². The van der Waals surface area contributed by atoms with Crippen LogP contribution in [0.5, 0.6) is 11.5 Å². The second-order valence-corrected chi connectivity index (χ2v) is 7.38. The Kier molecular flexibility index (Phi) is 6.62. The molecule has 30 heavy (non-hydrogen) atoms. The molecule has 0 saturated carbocycles. The zero-order valence-corrected chi connectivity index (χ0v) is 18.8. The maximum Gasteiger partial charge on any atom is 0.340 e. The number of allylic oxidation sites excluding steroid dienone is 1. The quantitative estimate of drug-likeness (QED) is 0.449. The number of amides is 1. The third kappa shape index (κ3) is 4.11. The fraction of sp³-hybridized carbons (Fsp3) is 0.217. The van der Waals surface area contributed by atoms with Crippen molar-refractivity contribution in [3.8, 4) is 11.5 Å². The van der Waals surface area contributed by atoms with Crippen molar-refractivity contribution < 1.29 is 23.8 Å². The van der Waals surface area contributed by atoms with Gasteiger partial charge in [0, 0.05) is 21.4 Å². The highest BCUT2D eigenvalue weighted by Crippen LogP contribution is 2.37. The van der Waals surface area contributed by atoms with Gasteiger partial charge in [-0.3, -0.25) is 9.69 Å². The molecule has 1 aliphatic heterocycles. The van der Waals surface area contributed by atoms with E-state index in [9.17, 15) is 9.59 Å². The molecule has 0 aromatic heterocycles. The Morgan fingerprint density at radius 1 is 1.10 bits per heavy atom. The highest BCUT2D eigenvalue weighted by Gasteiger charge is 2.38. The molecule has 156 valence electrons. The predicted octanol–water partition coefficient (Wildman–Crippen LogP) is 4.73. The van der Waals surface area contributed by atoms with Crippen LogP contribution in [-0.4, -0.2) is 32.7 Å². The Morgan fingerprint density at radius 2 is 1.80 bits per heavy atom. The molecule has 0 aliphatic carbocycles. The van der Waals surface area contributed by atoms with Crippen molar-refractivity contribution in [3.63, 3.8) is 0 Å². The molecule has 2 aromatic carbocycles. The number of halogens is 1. The van der Waals surface area contributed by atoms with E-state index in [0.717, 1.165) is 4.47 Å². The standard InChI is InChI=1S/C23H22BrNO5/c1-5-30-23(27)21-14(2)25(17-7-9-18(28-3)10-8-17)22(26)19(21)13-15-12-16(24)6-11-20(15)29-4/h6-13H,5H2,1-4H3/b19-13+. The number of ether oxygens (including phenoxy) is 3. The first-order valence-electron chi connectivity index (χ1n) is 9.33. The lowest BCUT2D eigenvalue weighted by atomic mass is 10.0. The first kappa shape index (κ1) is 21.6. The summed E-state index contributed by atoms with van der Waals surface area (Å²) < 4.78 is 16.7. The van der Waals surface area contributed by atoms with Gasteiger partial charge in [-0.25, -0.2) is 4.79 Å². The minimum atomic E-state index is -0.542. The zero-order valence-electron chi connectivity index (χ0n) is 17.2. The van der Waals surface area contributed by atoms with Crippen molar-refractivity contribution in [2.75, 3.05) is 25.7 Å². The second-order valence-electron chi connectivity index (χ2n) is 6.46. The number of benzene rings is 2. The van der Waals surface area contributed by atoms with Crippen LogP contribution in [0.4, 0.5) is 5.69 Å². The highest BCUT2D eigenvalue weighted by molar-refractivity contribution is 9.10. The fourth-order valence-corrected chi connectivity index (χ4v) is 3.68. The van der Waals surface area contributed by atoms with E-state index in [1.807, 2.05) is 12.1 Å². The van der Waals surface area contributed by atoms with Crippen molar-refractivity contribution >= 4 is 39.6 Å². The van der Waals surface area contributed by atoms with Gasteiger partial charge < -0.3 is 14.2 Å². The molecule has 0 bridgehead atoms. The summed E-state index contributed by atoms with van der Waals surface area (Å²) in [5.74, 6) is 0.400. The second kappa shape index (κ2) is 9.17. The number of carbonyl (C=O) groups is 2. The maximum atomic E-state index is 13.4. The Labute approximate surface area is 183 Å². The van der Waals surface area contributed by atoms with E-state index < -0.39 is 5.97 Å². The van der Waals surface area contributed by atoms with Crippen molar-refractivity contribution in [1.29, 1.82) is 0 Å². The summed E-state index contributed by atoms with van der Waals surface area (Å²) in [6, 6.07) is 12.5. The lowest BCUT2D eigenvalue weighted by molar-refractivity contribution is -0.138. The Morgan fingerprint density at radius 3 is 2.40 bits per heavy atom. The van der Waals surface area contributed by atoms with Crippen molar-refractivity contribution in [2.45, 2.75) is 13.8 Å². The van der Waals surface area contributed by atoms with E-state index in [1.165, 1.54) is 4.90 Å². The lowest BCUT2D eigenvalue weighted by Gasteiger charge is -2.18. The van der Waals surface area contributed by atoms with Gasteiger partial charge in [-0.15, -0.1) is 0 Å². The Hall–Kier alpha value is -3.06. The van der Waals surface area contributed by atoms with Crippen LogP contribution in [0, 0.1) is 0 Å². The molecule has 1 aliphatic rings. The van der Waals surface area contributed by atoms with Gasteiger partial charge in [0.1, 0.15) is 11.5 Å². The summed E-state index contributed by atoms with van der Waals surface area (Å²) in [5.41, 5.74) is 2.29. The monoisotopic (exact) mass is 471 g/mol. The van der Waals surface area contributed by atoms with Crippen LogP contribution in [0.25, 0.3) is 6.08 Å². The summed E-state index contributed by atoms with van der Waals surface area (Å²) in [4.78, 5) is 27.6. The van der Waals surface area contributed by atoms with Gasteiger partial charge in [-0.05, 0) is 62.4 Å². The van der Waals surface area contributed by atoms with Gasteiger partial charge in [0.15, 0.2) is 0 Å². The molecule has 0 fully saturated rings. The van der Waals surface area contributed by atoms with E-state index in [4.69, 9.17) is 14.2 Å². The smallest absolute Gasteiger partial charge is 0.340 e. The van der Waals surface area contributed by atoms with Crippen LogP contribution < -0.4 is 14.4 Å². The van der Waals surface area contributed by atoms with Crippen LogP contribution in [0.15, 0.2) is 63.8 Å². The SMILES string of the molecule is CCOC(=O)C1=C(C)N(c2ccc(OC)cc2)C(=O)/C1=C/c1cc(Br)ccc1OC. The average molecular weight is 472 g/mol. The third-order valence-corrected chi connectivity index (χ3v) is 5.20. The predicted molar refractivity (Wildman–Crippen MR) is 118 cm³/mol. The molecule has 0 spiro atoms. The first-order chi connectivity index (χ1) is 14.4. The minimum absolute atomic E-state index is 0.208. The fourth-order valence-electron chi connectivity index (χ4n) is 3.30. The number of hydrogen-bond acceptors (Lipinski definition) is 5. The molecular formula is C23H22BrNO5. The van der Waals surface area contributed by atoms with Gasteiger partial charge in [-0.2, -0.15) is 0 Å².